The van der Waals surface area contributed by atoms with Gasteiger partial charge in [0.15, 0.2) is 0 Å². The Morgan fingerprint density at radius 3 is 2.46 bits per heavy atom. The molecule has 1 saturated heterocycles. The fraction of sp³-hybridized carbons (Fsp3) is 0.231. The maximum absolute atomic E-state index is 13.8. The molecule has 0 saturated carbocycles. The Bertz CT molecular complexity index is 1310. The van der Waals surface area contributed by atoms with Crippen LogP contribution in [0.15, 0.2) is 61.2 Å². The number of aryl methyl sites for hydroxylation is 1. The van der Waals surface area contributed by atoms with Crippen molar-refractivity contribution in [3.05, 3.63) is 83.4 Å². The van der Waals surface area contributed by atoms with Crippen LogP contribution < -0.4 is 15.5 Å². The molecule has 11 heteroatoms. The van der Waals surface area contributed by atoms with E-state index in [9.17, 15) is 22.8 Å². The molecule has 192 valence electrons. The first-order chi connectivity index (χ1) is 17.7. The summed E-state index contributed by atoms with van der Waals surface area (Å²) in [4.78, 5) is 34.6. The van der Waals surface area contributed by atoms with E-state index in [1.165, 1.54) is 36.7 Å². The molecule has 2 aromatic carbocycles. The highest BCUT2D eigenvalue weighted by Gasteiger charge is 2.35. The van der Waals surface area contributed by atoms with Gasteiger partial charge in [0.05, 0.1) is 18.8 Å². The molecule has 4 rings (SSSR count). The average molecular weight is 512 g/mol. The standard InChI is InChI=1S/C26H24F3N5O3/c1-17-2-4-19(12-22(17)33-24(35)7-3-18-14-30-16-31-15-18)25(36)32-20-5-6-23(21(13-20)26(27,28)29)34-8-10-37-11-9-34/h2-7,12-16H,8-11H2,1H3,(H,32,36)(H,33,35)/b7-3+. The summed E-state index contributed by atoms with van der Waals surface area (Å²) in [6.45, 7) is 3.14. The number of hydrogen-bond acceptors (Lipinski definition) is 6. The summed E-state index contributed by atoms with van der Waals surface area (Å²) in [7, 11) is 0. The largest absolute Gasteiger partial charge is 0.418 e. The molecule has 1 fully saturated rings. The van der Waals surface area contributed by atoms with Crippen molar-refractivity contribution in [2.45, 2.75) is 13.1 Å². The number of benzene rings is 2. The van der Waals surface area contributed by atoms with Gasteiger partial charge in [-0.25, -0.2) is 9.97 Å². The lowest BCUT2D eigenvalue weighted by atomic mass is 10.1. The second kappa shape index (κ2) is 11.2. The molecule has 1 aliphatic rings. The van der Waals surface area contributed by atoms with Gasteiger partial charge in [-0.2, -0.15) is 13.2 Å². The Hall–Kier alpha value is -4.25. The molecule has 0 spiro atoms. The monoisotopic (exact) mass is 511 g/mol. The lowest BCUT2D eigenvalue weighted by molar-refractivity contribution is -0.137. The van der Waals surface area contributed by atoms with Gasteiger partial charge in [0.2, 0.25) is 5.91 Å². The molecule has 3 aromatic rings. The van der Waals surface area contributed by atoms with Gasteiger partial charge in [-0.15, -0.1) is 0 Å². The van der Waals surface area contributed by atoms with Crippen molar-refractivity contribution < 1.29 is 27.5 Å². The van der Waals surface area contributed by atoms with Gasteiger partial charge in [0, 0.05) is 59.7 Å². The highest BCUT2D eigenvalue weighted by atomic mass is 19.4. The van der Waals surface area contributed by atoms with Crippen molar-refractivity contribution in [3.63, 3.8) is 0 Å². The summed E-state index contributed by atoms with van der Waals surface area (Å²) in [5.41, 5.74) is 1.13. The number of alkyl halides is 3. The van der Waals surface area contributed by atoms with Crippen molar-refractivity contribution in [1.82, 2.24) is 9.97 Å². The number of hydrogen-bond donors (Lipinski definition) is 2. The normalized spacial score (nSPS) is 14.0. The summed E-state index contributed by atoms with van der Waals surface area (Å²) in [6.07, 6.45) is 2.71. The second-order valence-electron chi connectivity index (χ2n) is 8.31. The molecule has 1 aromatic heterocycles. The lowest BCUT2D eigenvalue weighted by Crippen LogP contribution is -2.37. The first-order valence-electron chi connectivity index (χ1n) is 11.4. The molecule has 0 aliphatic carbocycles. The van der Waals surface area contributed by atoms with E-state index in [4.69, 9.17) is 4.74 Å². The first kappa shape index (κ1) is 25.8. The van der Waals surface area contributed by atoms with E-state index in [-0.39, 0.29) is 16.9 Å². The zero-order valence-electron chi connectivity index (χ0n) is 19.9. The maximum Gasteiger partial charge on any atom is 0.418 e. The van der Waals surface area contributed by atoms with Gasteiger partial charge in [0.25, 0.3) is 5.91 Å². The van der Waals surface area contributed by atoms with Gasteiger partial charge in [0.1, 0.15) is 6.33 Å². The van der Waals surface area contributed by atoms with E-state index in [2.05, 4.69) is 20.6 Å². The third kappa shape index (κ3) is 6.70. The van der Waals surface area contributed by atoms with Crippen LogP contribution in [0.5, 0.6) is 0 Å². The molecule has 1 aliphatic heterocycles. The highest BCUT2D eigenvalue weighted by molar-refractivity contribution is 6.07. The van der Waals surface area contributed by atoms with Gasteiger partial charge in [-0.3, -0.25) is 9.59 Å². The van der Waals surface area contributed by atoms with Crippen LogP contribution in [0, 0.1) is 6.92 Å². The summed E-state index contributed by atoms with van der Waals surface area (Å²) in [5.74, 6) is -1.04. The predicted molar refractivity (Wildman–Crippen MR) is 133 cm³/mol. The van der Waals surface area contributed by atoms with Crippen LogP contribution in [0.3, 0.4) is 0 Å². The van der Waals surface area contributed by atoms with Crippen LogP contribution in [-0.4, -0.2) is 48.1 Å². The van der Waals surface area contributed by atoms with E-state index in [1.54, 1.807) is 36.4 Å². The van der Waals surface area contributed by atoms with Crippen molar-refractivity contribution in [2.24, 2.45) is 0 Å². The number of anilines is 3. The minimum absolute atomic E-state index is 0.00788. The Labute approximate surface area is 211 Å². The van der Waals surface area contributed by atoms with E-state index in [0.29, 0.717) is 43.1 Å². The van der Waals surface area contributed by atoms with Crippen LogP contribution in [0.1, 0.15) is 27.0 Å². The number of carbonyl (C=O) groups excluding carboxylic acids is 2. The average Bonchev–Trinajstić information content (AvgIpc) is 2.89. The van der Waals surface area contributed by atoms with Crippen molar-refractivity contribution in [1.29, 1.82) is 0 Å². The molecular formula is C26H24F3N5O3. The van der Waals surface area contributed by atoms with Crippen molar-refractivity contribution >= 4 is 35.0 Å². The van der Waals surface area contributed by atoms with Crippen molar-refractivity contribution in [3.8, 4) is 0 Å². The van der Waals surface area contributed by atoms with E-state index in [1.807, 2.05) is 0 Å². The van der Waals surface area contributed by atoms with Crippen LogP contribution in [0.25, 0.3) is 6.08 Å². The molecule has 0 bridgehead atoms. The van der Waals surface area contributed by atoms with E-state index < -0.39 is 23.6 Å². The quantitative estimate of drug-likeness (QED) is 0.472. The maximum atomic E-state index is 13.8. The third-order valence-corrected chi connectivity index (χ3v) is 5.68. The Morgan fingerprint density at radius 2 is 1.76 bits per heavy atom. The number of nitrogens with zero attached hydrogens (tertiary/aromatic N) is 3. The smallest absolute Gasteiger partial charge is 0.378 e. The Kier molecular flexibility index (Phi) is 7.83. The summed E-state index contributed by atoms with van der Waals surface area (Å²) < 4.78 is 46.7. The van der Waals surface area contributed by atoms with Crippen molar-refractivity contribution in [2.75, 3.05) is 41.8 Å². The van der Waals surface area contributed by atoms with Gasteiger partial charge in [-0.1, -0.05) is 6.07 Å². The number of morpholine rings is 1. The Morgan fingerprint density at radius 1 is 1.03 bits per heavy atom. The number of ether oxygens (including phenoxy) is 1. The highest BCUT2D eigenvalue weighted by Crippen LogP contribution is 2.38. The van der Waals surface area contributed by atoms with E-state index >= 15 is 0 Å². The van der Waals surface area contributed by atoms with Crippen LogP contribution in [-0.2, 0) is 15.7 Å². The summed E-state index contributed by atoms with van der Waals surface area (Å²) in [5, 5.41) is 5.23. The van der Waals surface area contributed by atoms with Gasteiger partial charge >= 0.3 is 6.18 Å². The fourth-order valence-corrected chi connectivity index (χ4v) is 3.77. The van der Waals surface area contributed by atoms with Crippen LogP contribution in [0.2, 0.25) is 0 Å². The first-order valence-corrected chi connectivity index (χ1v) is 11.4. The number of amides is 2. The fourth-order valence-electron chi connectivity index (χ4n) is 3.77. The minimum atomic E-state index is -4.60. The SMILES string of the molecule is Cc1ccc(C(=O)Nc2ccc(N3CCOCC3)c(C(F)(F)F)c2)cc1NC(=O)/C=C/c1cncnc1. The molecule has 2 amide bonds. The van der Waals surface area contributed by atoms with Gasteiger partial charge < -0.3 is 20.3 Å². The Balaban J connectivity index is 1.49. The minimum Gasteiger partial charge on any atom is -0.378 e. The number of nitrogens with one attached hydrogen (secondary N) is 2. The number of carbonyl (C=O) groups is 2. The molecule has 2 N–H and O–H groups in total. The summed E-state index contributed by atoms with van der Waals surface area (Å²) >= 11 is 0. The zero-order chi connectivity index (χ0) is 26.4. The molecular weight excluding hydrogens is 487 g/mol. The predicted octanol–water partition coefficient (Wildman–Crippen LogP) is 4.54. The zero-order valence-corrected chi connectivity index (χ0v) is 19.9. The van der Waals surface area contributed by atoms with E-state index in [0.717, 1.165) is 6.07 Å². The molecule has 37 heavy (non-hydrogen) atoms. The van der Waals surface area contributed by atoms with Gasteiger partial charge in [-0.05, 0) is 48.9 Å². The van der Waals surface area contributed by atoms with Crippen LogP contribution in [0.4, 0.5) is 30.2 Å². The number of rotatable bonds is 6. The number of aromatic nitrogens is 2. The second-order valence-corrected chi connectivity index (χ2v) is 8.31. The number of halogens is 3. The lowest BCUT2D eigenvalue weighted by Gasteiger charge is -2.31. The molecule has 0 radical (unpaired) electrons. The summed E-state index contributed by atoms with van der Waals surface area (Å²) in [6, 6.07) is 8.36. The van der Waals surface area contributed by atoms with Crippen LogP contribution >= 0.6 is 0 Å². The molecule has 0 atom stereocenters. The topological polar surface area (TPSA) is 96.5 Å². The molecule has 8 nitrogen and oxygen atoms in total. The molecule has 0 unspecified atom stereocenters. The third-order valence-electron chi connectivity index (χ3n) is 5.68. The molecule has 2 heterocycles.